The molecule has 1 saturated heterocycles. The molecule has 1 amide bonds. The maximum absolute atomic E-state index is 12.6. The highest BCUT2D eigenvalue weighted by atomic mass is 16.6. The third kappa shape index (κ3) is 6.02. The summed E-state index contributed by atoms with van der Waals surface area (Å²) >= 11 is 0. The summed E-state index contributed by atoms with van der Waals surface area (Å²) in [5.41, 5.74) is 6.05. The van der Waals surface area contributed by atoms with Crippen molar-refractivity contribution in [3.8, 4) is 22.9 Å². The van der Waals surface area contributed by atoms with Crippen LogP contribution in [-0.2, 0) is 7.05 Å². The minimum atomic E-state index is -0.549. The van der Waals surface area contributed by atoms with Crippen LogP contribution in [0.25, 0.3) is 11.4 Å². The van der Waals surface area contributed by atoms with Crippen LogP contribution < -0.4 is 25.0 Å². The first-order valence-electron chi connectivity index (χ1n) is 13.2. The highest BCUT2D eigenvalue weighted by molar-refractivity contribution is 5.88. The Morgan fingerprint density at radius 1 is 0.975 bits per heavy atom. The largest absolute Gasteiger partial charge is 0.494 e. The van der Waals surface area contributed by atoms with Crippen LogP contribution in [0.3, 0.4) is 0 Å². The number of hydrogen-bond donors (Lipinski definition) is 2. The Balaban J connectivity index is 1.30. The van der Waals surface area contributed by atoms with Crippen molar-refractivity contribution in [1.82, 2.24) is 19.4 Å². The van der Waals surface area contributed by atoms with Gasteiger partial charge in [0, 0.05) is 69.1 Å². The van der Waals surface area contributed by atoms with Crippen molar-refractivity contribution in [2.75, 3.05) is 55.9 Å². The van der Waals surface area contributed by atoms with Crippen LogP contribution >= 0.6 is 0 Å². The number of aromatic nitrogens is 3. The van der Waals surface area contributed by atoms with Crippen molar-refractivity contribution in [2.24, 2.45) is 7.05 Å². The average Bonchev–Trinajstić information content (AvgIpc) is 3.31. The lowest BCUT2D eigenvalue weighted by Crippen LogP contribution is -2.44. The second-order valence-corrected chi connectivity index (χ2v) is 10.0. The Labute approximate surface area is 234 Å². The van der Waals surface area contributed by atoms with E-state index in [1.165, 1.54) is 0 Å². The fourth-order valence-electron chi connectivity index (χ4n) is 4.82. The number of piperazine rings is 1. The van der Waals surface area contributed by atoms with E-state index >= 15 is 0 Å². The Morgan fingerprint density at radius 2 is 1.73 bits per heavy atom. The molecule has 4 aromatic rings. The molecule has 0 radical (unpaired) electrons. The number of rotatable bonds is 7. The molecule has 2 N–H and O–H groups in total. The molecular formula is C30H35N7O3. The fourth-order valence-corrected chi connectivity index (χ4v) is 4.82. The number of carbonyl (C=O) groups is 1. The zero-order valence-corrected chi connectivity index (χ0v) is 23.6. The predicted octanol–water partition coefficient (Wildman–Crippen LogP) is 5.21. The first kappa shape index (κ1) is 27.0. The molecule has 2 aromatic carbocycles. The van der Waals surface area contributed by atoms with Gasteiger partial charge in [0.15, 0.2) is 5.75 Å². The molecule has 10 nitrogen and oxygen atoms in total. The minimum Gasteiger partial charge on any atom is -0.494 e. The number of benzene rings is 2. The van der Waals surface area contributed by atoms with E-state index in [0.717, 1.165) is 65.8 Å². The SMILES string of the molecule is COc1cc(N2CCN(C)CC2)ccc1Nc1nccc(-c2cc(OC(=O)Nc3c(C)cccc3C)cn2C)n1. The van der Waals surface area contributed by atoms with Crippen LogP contribution in [0.15, 0.2) is 60.9 Å². The number of amides is 1. The van der Waals surface area contributed by atoms with Gasteiger partial charge in [0.2, 0.25) is 5.95 Å². The normalized spacial score (nSPS) is 13.7. The van der Waals surface area contributed by atoms with Crippen molar-refractivity contribution in [3.05, 3.63) is 72.1 Å². The minimum absolute atomic E-state index is 0.413. The summed E-state index contributed by atoms with van der Waals surface area (Å²) in [6.07, 6.45) is 2.89. The second-order valence-electron chi connectivity index (χ2n) is 10.0. The highest BCUT2D eigenvalue weighted by Gasteiger charge is 2.17. The zero-order chi connectivity index (χ0) is 28.2. The number of para-hydroxylation sites is 1. The Kier molecular flexibility index (Phi) is 7.88. The predicted molar refractivity (Wildman–Crippen MR) is 158 cm³/mol. The molecule has 1 aliphatic rings. The molecule has 0 spiro atoms. The number of carbonyl (C=O) groups excluding carboxylic acids is 1. The van der Waals surface area contributed by atoms with Crippen LogP contribution in [0.5, 0.6) is 11.5 Å². The number of likely N-dealkylation sites (N-methyl/N-ethyl adjacent to an activating group) is 1. The monoisotopic (exact) mass is 541 g/mol. The summed E-state index contributed by atoms with van der Waals surface area (Å²) in [6, 6.07) is 15.6. The Hall–Kier alpha value is -4.57. The van der Waals surface area contributed by atoms with Crippen LogP contribution in [0.1, 0.15) is 11.1 Å². The quantitative estimate of drug-likeness (QED) is 0.329. The average molecular weight is 542 g/mol. The summed E-state index contributed by atoms with van der Waals surface area (Å²) in [5.74, 6) is 1.56. The summed E-state index contributed by atoms with van der Waals surface area (Å²) in [7, 11) is 5.68. The topological polar surface area (TPSA) is 96.8 Å². The van der Waals surface area contributed by atoms with Crippen LogP contribution in [-0.4, -0.2) is 65.9 Å². The fraction of sp³-hybridized carbons (Fsp3) is 0.300. The van der Waals surface area contributed by atoms with E-state index in [2.05, 4.69) is 38.5 Å². The van der Waals surface area contributed by atoms with E-state index in [9.17, 15) is 4.79 Å². The lowest BCUT2D eigenvalue weighted by molar-refractivity contribution is 0.215. The standard InChI is InChI=1S/C30H35N7O3/c1-20-7-6-8-21(2)28(20)34-30(38)40-23-18-26(36(4)19-23)24-11-12-31-29(32-24)33-25-10-9-22(17-27(25)39-5)37-15-13-35(3)14-16-37/h6-12,17-19H,13-16H2,1-5H3,(H,34,38)(H,31,32,33). The van der Waals surface area contributed by atoms with Gasteiger partial charge in [-0.2, -0.15) is 0 Å². The summed E-state index contributed by atoms with van der Waals surface area (Å²) in [5, 5.41) is 6.13. The third-order valence-corrected chi connectivity index (χ3v) is 7.12. The van der Waals surface area contributed by atoms with Gasteiger partial charge in [-0.25, -0.2) is 14.8 Å². The molecule has 0 atom stereocenters. The van der Waals surface area contributed by atoms with Crippen molar-refractivity contribution < 1.29 is 14.3 Å². The van der Waals surface area contributed by atoms with Gasteiger partial charge in [-0.15, -0.1) is 0 Å². The molecule has 5 rings (SSSR count). The van der Waals surface area contributed by atoms with Crippen molar-refractivity contribution in [1.29, 1.82) is 0 Å². The number of ether oxygens (including phenoxy) is 2. The molecule has 3 heterocycles. The Morgan fingerprint density at radius 3 is 2.45 bits per heavy atom. The molecule has 10 heteroatoms. The van der Waals surface area contributed by atoms with E-state index in [1.54, 1.807) is 25.6 Å². The zero-order valence-electron chi connectivity index (χ0n) is 23.6. The molecular weight excluding hydrogens is 506 g/mol. The molecule has 1 aliphatic heterocycles. The van der Waals surface area contributed by atoms with Gasteiger partial charge in [-0.3, -0.25) is 5.32 Å². The molecule has 2 aromatic heterocycles. The van der Waals surface area contributed by atoms with Crippen molar-refractivity contribution in [2.45, 2.75) is 13.8 Å². The molecule has 0 bridgehead atoms. The van der Waals surface area contributed by atoms with Gasteiger partial charge in [0.1, 0.15) is 5.75 Å². The van der Waals surface area contributed by atoms with Crippen molar-refractivity contribution in [3.63, 3.8) is 0 Å². The van der Waals surface area contributed by atoms with E-state index < -0.39 is 6.09 Å². The second kappa shape index (κ2) is 11.7. The van der Waals surface area contributed by atoms with Gasteiger partial charge in [-0.1, -0.05) is 18.2 Å². The third-order valence-electron chi connectivity index (χ3n) is 7.12. The van der Waals surface area contributed by atoms with Gasteiger partial charge in [0.05, 0.1) is 24.2 Å². The molecule has 208 valence electrons. The molecule has 0 saturated carbocycles. The van der Waals surface area contributed by atoms with Crippen molar-refractivity contribution >= 4 is 29.1 Å². The lowest BCUT2D eigenvalue weighted by atomic mass is 10.1. The van der Waals surface area contributed by atoms with Crippen LogP contribution in [0, 0.1) is 13.8 Å². The van der Waals surface area contributed by atoms with E-state index in [-0.39, 0.29) is 0 Å². The Bertz CT molecular complexity index is 1490. The maximum atomic E-state index is 12.6. The molecule has 0 aliphatic carbocycles. The summed E-state index contributed by atoms with van der Waals surface area (Å²) in [4.78, 5) is 26.4. The van der Waals surface area contributed by atoms with E-state index in [0.29, 0.717) is 17.4 Å². The number of nitrogens with zero attached hydrogens (tertiary/aromatic N) is 5. The first-order chi connectivity index (χ1) is 19.3. The smallest absolute Gasteiger partial charge is 0.417 e. The summed E-state index contributed by atoms with van der Waals surface area (Å²) in [6.45, 7) is 7.92. The van der Waals surface area contributed by atoms with Gasteiger partial charge < -0.3 is 29.2 Å². The number of aryl methyl sites for hydroxylation is 3. The highest BCUT2D eigenvalue weighted by Crippen LogP contribution is 2.32. The molecule has 40 heavy (non-hydrogen) atoms. The van der Waals surface area contributed by atoms with Gasteiger partial charge in [0.25, 0.3) is 0 Å². The van der Waals surface area contributed by atoms with Gasteiger partial charge in [-0.05, 0) is 50.2 Å². The van der Waals surface area contributed by atoms with E-state index in [4.69, 9.17) is 14.5 Å². The van der Waals surface area contributed by atoms with Crippen LogP contribution in [0.4, 0.5) is 27.8 Å². The molecule has 0 unspecified atom stereocenters. The number of nitrogens with one attached hydrogen (secondary N) is 2. The molecule has 1 fully saturated rings. The first-order valence-corrected chi connectivity index (χ1v) is 13.2. The van der Waals surface area contributed by atoms with Crippen LogP contribution in [0.2, 0.25) is 0 Å². The number of methoxy groups -OCH3 is 1. The van der Waals surface area contributed by atoms with Gasteiger partial charge >= 0.3 is 6.09 Å². The van der Waals surface area contributed by atoms with E-state index in [1.807, 2.05) is 61.9 Å². The summed E-state index contributed by atoms with van der Waals surface area (Å²) < 4.78 is 13.1. The number of hydrogen-bond acceptors (Lipinski definition) is 8. The maximum Gasteiger partial charge on any atom is 0.417 e. The lowest BCUT2D eigenvalue weighted by Gasteiger charge is -2.34. The number of anilines is 4.